The maximum absolute atomic E-state index is 5.91. The van der Waals surface area contributed by atoms with Crippen molar-refractivity contribution in [1.82, 2.24) is 19.6 Å². The topological polar surface area (TPSA) is 58.4 Å². The number of hydrogen-bond acceptors (Lipinski definition) is 5. The molecule has 0 atom stereocenters. The third-order valence-corrected chi connectivity index (χ3v) is 3.32. The van der Waals surface area contributed by atoms with Crippen molar-refractivity contribution in [3.63, 3.8) is 0 Å². The van der Waals surface area contributed by atoms with Gasteiger partial charge < -0.3 is 10.2 Å². The van der Waals surface area contributed by atoms with Gasteiger partial charge in [-0.05, 0) is 24.3 Å². The quantitative estimate of drug-likeness (QED) is 0.803. The lowest BCUT2D eigenvalue weighted by Gasteiger charge is -2.18. The van der Waals surface area contributed by atoms with Crippen LogP contribution in [0.2, 0.25) is 5.02 Å². The van der Waals surface area contributed by atoms with E-state index in [1.165, 1.54) is 0 Å². The number of nitrogens with zero attached hydrogens (tertiary/aromatic N) is 5. The summed E-state index contributed by atoms with van der Waals surface area (Å²) >= 11 is 5.91. The first-order valence-electron chi connectivity index (χ1n) is 6.07. The zero-order chi connectivity index (χ0) is 14.1. The lowest BCUT2D eigenvalue weighted by Crippen LogP contribution is -2.12. The molecule has 1 aromatic carbocycles. The van der Waals surface area contributed by atoms with Gasteiger partial charge in [-0.25, -0.2) is 4.98 Å². The van der Waals surface area contributed by atoms with E-state index in [1.807, 2.05) is 46.8 Å². The number of rotatable bonds is 3. The number of fused-ring (bicyclic) bond motifs is 1. The minimum absolute atomic E-state index is 0.674. The van der Waals surface area contributed by atoms with E-state index in [2.05, 4.69) is 20.5 Å². The van der Waals surface area contributed by atoms with Crippen LogP contribution in [-0.4, -0.2) is 33.7 Å². The van der Waals surface area contributed by atoms with Gasteiger partial charge in [0.05, 0.1) is 0 Å². The molecule has 0 saturated heterocycles. The Kier molecular flexibility index (Phi) is 3.15. The van der Waals surface area contributed by atoms with E-state index in [4.69, 9.17) is 11.6 Å². The van der Waals surface area contributed by atoms with Crippen LogP contribution in [0, 0.1) is 0 Å². The first-order chi connectivity index (χ1) is 9.70. The van der Waals surface area contributed by atoms with Crippen LogP contribution >= 0.6 is 11.6 Å². The highest BCUT2D eigenvalue weighted by atomic mass is 35.5. The van der Waals surface area contributed by atoms with E-state index in [9.17, 15) is 0 Å². The Morgan fingerprint density at radius 1 is 1.20 bits per heavy atom. The highest BCUT2D eigenvalue weighted by molar-refractivity contribution is 6.30. The van der Waals surface area contributed by atoms with Gasteiger partial charge in [0.1, 0.15) is 0 Å². The second-order valence-electron chi connectivity index (χ2n) is 4.25. The highest BCUT2D eigenvalue weighted by Gasteiger charge is 2.14. The Morgan fingerprint density at radius 2 is 1.95 bits per heavy atom. The molecule has 0 fully saturated rings. The predicted molar refractivity (Wildman–Crippen MR) is 79.8 cm³/mol. The fraction of sp³-hybridized carbons (Fsp3) is 0.154. The zero-order valence-corrected chi connectivity index (χ0v) is 11.8. The van der Waals surface area contributed by atoms with Gasteiger partial charge in [-0.1, -0.05) is 11.6 Å². The van der Waals surface area contributed by atoms with Crippen LogP contribution in [0.3, 0.4) is 0 Å². The summed E-state index contributed by atoms with van der Waals surface area (Å²) in [5.41, 5.74) is 1.67. The summed E-state index contributed by atoms with van der Waals surface area (Å²) in [4.78, 5) is 6.34. The van der Waals surface area contributed by atoms with E-state index in [-0.39, 0.29) is 0 Å². The molecule has 0 aliphatic heterocycles. The van der Waals surface area contributed by atoms with Gasteiger partial charge in [-0.15, -0.1) is 10.2 Å². The van der Waals surface area contributed by atoms with Crippen molar-refractivity contribution in [2.24, 2.45) is 0 Å². The smallest absolute Gasteiger partial charge is 0.228 e. The number of benzene rings is 1. The van der Waals surface area contributed by atoms with Gasteiger partial charge in [0.2, 0.25) is 11.6 Å². The standard InChI is InChI=1S/C13H13ClN6/c1-15-13-18-17-12-11(16-7-8-20(12)13)19(2)10-5-3-9(14)4-6-10/h3-8H,1-2H3,(H,15,18). The molecule has 102 valence electrons. The number of anilines is 3. The molecule has 0 saturated carbocycles. The van der Waals surface area contributed by atoms with Gasteiger partial charge in [0.15, 0.2) is 5.82 Å². The van der Waals surface area contributed by atoms with Crippen LogP contribution in [0.25, 0.3) is 5.65 Å². The van der Waals surface area contributed by atoms with Crippen LogP contribution in [0.5, 0.6) is 0 Å². The first kappa shape index (κ1) is 12.7. The SMILES string of the molecule is CNc1nnc2c(N(C)c3ccc(Cl)cc3)nccn12. The van der Waals surface area contributed by atoms with Crippen molar-refractivity contribution in [1.29, 1.82) is 0 Å². The molecule has 6 nitrogen and oxygen atoms in total. The molecular weight excluding hydrogens is 276 g/mol. The molecule has 3 rings (SSSR count). The number of aromatic nitrogens is 4. The Morgan fingerprint density at radius 3 is 2.65 bits per heavy atom. The maximum Gasteiger partial charge on any atom is 0.228 e. The molecule has 0 aliphatic rings. The fourth-order valence-electron chi connectivity index (χ4n) is 2.01. The van der Waals surface area contributed by atoms with Gasteiger partial charge >= 0.3 is 0 Å². The van der Waals surface area contributed by atoms with E-state index in [1.54, 1.807) is 13.2 Å². The molecule has 7 heteroatoms. The lowest BCUT2D eigenvalue weighted by molar-refractivity contribution is 1.06. The summed E-state index contributed by atoms with van der Waals surface area (Å²) in [7, 11) is 3.73. The largest absolute Gasteiger partial charge is 0.357 e. The molecule has 0 spiro atoms. The average Bonchev–Trinajstić information content (AvgIpc) is 2.90. The van der Waals surface area contributed by atoms with E-state index in [0.717, 1.165) is 11.5 Å². The maximum atomic E-state index is 5.91. The molecule has 0 amide bonds. The fourth-order valence-corrected chi connectivity index (χ4v) is 2.13. The number of nitrogens with one attached hydrogen (secondary N) is 1. The summed E-state index contributed by atoms with van der Waals surface area (Å²) < 4.78 is 1.86. The van der Waals surface area contributed by atoms with E-state index >= 15 is 0 Å². The van der Waals surface area contributed by atoms with E-state index < -0.39 is 0 Å². The van der Waals surface area contributed by atoms with Crippen LogP contribution in [0.1, 0.15) is 0 Å². The summed E-state index contributed by atoms with van der Waals surface area (Å²) in [6.07, 6.45) is 3.54. The minimum atomic E-state index is 0.674. The van der Waals surface area contributed by atoms with Crippen molar-refractivity contribution >= 4 is 34.7 Å². The van der Waals surface area contributed by atoms with Gasteiger partial charge in [-0.3, -0.25) is 4.40 Å². The molecule has 0 unspecified atom stereocenters. The molecule has 1 N–H and O–H groups in total. The second-order valence-corrected chi connectivity index (χ2v) is 4.69. The van der Waals surface area contributed by atoms with Crippen molar-refractivity contribution in [3.8, 4) is 0 Å². The highest BCUT2D eigenvalue weighted by Crippen LogP contribution is 2.26. The average molecular weight is 289 g/mol. The van der Waals surface area contributed by atoms with Crippen molar-refractivity contribution in [3.05, 3.63) is 41.7 Å². The Labute approximate surface area is 121 Å². The Bertz CT molecular complexity index is 736. The van der Waals surface area contributed by atoms with Gasteiger partial charge in [0, 0.05) is 37.2 Å². The second kappa shape index (κ2) is 4.97. The molecular formula is C13H13ClN6. The van der Waals surface area contributed by atoms with Crippen LogP contribution in [0.4, 0.5) is 17.5 Å². The van der Waals surface area contributed by atoms with Crippen molar-refractivity contribution < 1.29 is 0 Å². The van der Waals surface area contributed by atoms with Crippen LogP contribution < -0.4 is 10.2 Å². The van der Waals surface area contributed by atoms with Crippen molar-refractivity contribution in [2.75, 3.05) is 24.3 Å². The number of hydrogen-bond donors (Lipinski definition) is 1. The monoisotopic (exact) mass is 288 g/mol. The normalized spacial score (nSPS) is 10.8. The van der Waals surface area contributed by atoms with Gasteiger partial charge in [0.25, 0.3) is 0 Å². The minimum Gasteiger partial charge on any atom is -0.357 e. The third-order valence-electron chi connectivity index (χ3n) is 3.06. The molecule has 0 bridgehead atoms. The lowest BCUT2D eigenvalue weighted by atomic mass is 10.3. The molecule has 2 aromatic heterocycles. The molecule has 2 heterocycles. The Balaban J connectivity index is 2.09. The third kappa shape index (κ3) is 2.04. The summed E-state index contributed by atoms with van der Waals surface area (Å²) in [5.74, 6) is 1.40. The summed E-state index contributed by atoms with van der Waals surface area (Å²) in [5, 5.41) is 11.9. The van der Waals surface area contributed by atoms with Crippen LogP contribution in [0.15, 0.2) is 36.7 Å². The van der Waals surface area contributed by atoms with Crippen LogP contribution in [-0.2, 0) is 0 Å². The zero-order valence-electron chi connectivity index (χ0n) is 11.1. The predicted octanol–water partition coefficient (Wildman–Crippen LogP) is 2.59. The Hall–Kier alpha value is -2.34. The summed E-state index contributed by atoms with van der Waals surface area (Å²) in [6.45, 7) is 0. The molecule has 3 aromatic rings. The van der Waals surface area contributed by atoms with E-state index in [0.29, 0.717) is 16.6 Å². The van der Waals surface area contributed by atoms with Crippen molar-refractivity contribution in [2.45, 2.75) is 0 Å². The molecule has 0 aliphatic carbocycles. The molecule has 20 heavy (non-hydrogen) atoms. The van der Waals surface area contributed by atoms with Gasteiger partial charge in [-0.2, -0.15) is 0 Å². The first-order valence-corrected chi connectivity index (χ1v) is 6.45. The number of halogens is 1. The summed E-state index contributed by atoms with van der Waals surface area (Å²) in [6, 6.07) is 7.55. The molecule has 0 radical (unpaired) electrons.